The van der Waals surface area contributed by atoms with Gasteiger partial charge in [0.15, 0.2) is 0 Å². The van der Waals surface area contributed by atoms with Crippen LogP contribution in [0.25, 0.3) is 11.1 Å². The number of halogens is 1. The maximum Gasteiger partial charge on any atom is 0.259 e. The van der Waals surface area contributed by atoms with E-state index in [2.05, 4.69) is 36.2 Å². The highest BCUT2D eigenvalue weighted by molar-refractivity contribution is 6.06. The van der Waals surface area contributed by atoms with Crippen LogP contribution in [0, 0.1) is 0 Å². The average molecular weight is 365 g/mol. The highest BCUT2D eigenvalue weighted by Gasteiger charge is 2.32. The van der Waals surface area contributed by atoms with Gasteiger partial charge in [-0.3, -0.25) is 4.79 Å². The van der Waals surface area contributed by atoms with Crippen LogP contribution in [0.4, 0.5) is 0 Å². The van der Waals surface area contributed by atoms with Crippen molar-refractivity contribution in [3.05, 3.63) is 23.0 Å². The summed E-state index contributed by atoms with van der Waals surface area (Å²) in [6, 6.07) is 2.17. The van der Waals surface area contributed by atoms with Crippen LogP contribution in [-0.2, 0) is 0 Å². The molecule has 1 N–H and O–H groups in total. The van der Waals surface area contributed by atoms with E-state index in [1.807, 2.05) is 11.0 Å². The first kappa shape index (κ1) is 18.1. The number of hydrogen-bond donors (Lipinski definition) is 1. The van der Waals surface area contributed by atoms with Gasteiger partial charge in [0.05, 0.1) is 16.6 Å². The maximum absolute atomic E-state index is 13.3. The Morgan fingerprint density at radius 1 is 1.40 bits per heavy atom. The Kier molecular flexibility index (Phi) is 5.02. The number of amides is 1. The second-order valence-electron chi connectivity index (χ2n) is 7.32. The van der Waals surface area contributed by atoms with Crippen molar-refractivity contribution in [2.24, 2.45) is 0 Å². The Hall–Kier alpha value is -1.66. The van der Waals surface area contributed by atoms with E-state index in [-0.39, 0.29) is 30.3 Å². The Labute approximate surface area is 153 Å². The molecule has 2 fully saturated rings. The van der Waals surface area contributed by atoms with Crippen molar-refractivity contribution >= 4 is 29.4 Å². The predicted molar refractivity (Wildman–Crippen MR) is 98.5 cm³/mol. The summed E-state index contributed by atoms with van der Waals surface area (Å²) >= 11 is 0. The molecule has 7 heteroatoms. The van der Waals surface area contributed by atoms with Gasteiger partial charge in [0.25, 0.3) is 11.6 Å². The van der Waals surface area contributed by atoms with Crippen LogP contribution < -0.4 is 5.32 Å². The number of hydrogen-bond acceptors (Lipinski definition) is 5. The molecule has 4 rings (SSSR count). The van der Waals surface area contributed by atoms with Crippen LogP contribution in [0.15, 0.2) is 10.6 Å². The predicted octanol–water partition coefficient (Wildman–Crippen LogP) is 3.08. The first-order valence-corrected chi connectivity index (χ1v) is 8.88. The molecule has 1 aliphatic heterocycles. The molecular weight excluding hydrogens is 340 g/mol. The second-order valence-corrected chi connectivity index (χ2v) is 7.32. The van der Waals surface area contributed by atoms with Crippen molar-refractivity contribution in [3.8, 4) is 0 Å². The summed E-state index contributed by atoms with van der Waals surface area (Å²) in [6.07, 6.45) is 2.28. The van der Waals surface area contributed by atoms with E-state index in [4.69, 9.17) is 4.52 Å². The van der Waals surface area contributed by atoms with Gasteiger partial charge in [-0.15, -0.1) is 12.4 Å². The molecular formula is C18H25ClN4O2. The summed E-state index contributed by atoms with van der Waals surface area (Å²) in [5.41, 5.74) is 3.01. The normalized spacial score (nSPS) is 20.8. The fraction of sp³-hybridized carbons (Fsp3) is 0.611. The minimum absolute atomic E-state index is 0. The van der Waals surface area contributed by atoms with Crippen molar-refractivity contribution in [1.82, 2.24) is 20.4 Å². The summed E-state index contributed by atoms with van der Waals surface area (Å²) in [5.74, 6) is 0.726. The minimum Gasteiger partial charge on any atom is -0.335 e. The van der Waals surface area contributed by atoms with E-state index in [1.54, 1.807) is 0 Å². The highest BCUT2D eigenvalue weighted by Crippen LogP contribution is 2.41. The van der Waals surface area contributed by atoms with E-state index in [0.29, 0.717) is 17.2 Å². The Bertz CT molecular complexity index is 785. The summed E-state index contributed by atoms with van der Waals surface area (Å²) < 4.78 is 5.49. The number of rotatable bonds is 3. The quantitative estimate of drug-likeness (QED) is 0.906. The summed E-state index contributed by atoms with van der Waals surface area (Å²) in [4.78, 5) is 19.9. The Balaban J connectivity index is 0.00000182. The lowest BCUT2D eigenvalue weighted by atomic mass is 10.0. The number of carbonyl (C=O) groups is 1. The molecule has 2 aromatic heterocycles. The van der Waals surface area contributed by atoms with Gasteiger partial charge in [-0.25, -0.2) is 4.98 Å². The number of carbonyl (C=O) groups excluding carboxylic acids is 1. The first-order chi connectivity index (χ1) is 11.6. The number of aromatic nitrogens is 2. The molecule has 1 saturated carbocycles. The maximum atomic E-state index is 13.3. The van der Waals surface area contributed by atoms with Gasteiger partial charge >= 0.3 is 0 Å². The lowest BCUT2D eigenvalue weighted by Gasteiger charge is -2.34. The monoisotopic (exact) mass is 364 g/mol. The van der Waals surface area contributed by atoms with E-state index < -0.39 is 0 Å². The van der Waals surface area contributed by atoms with Crippen molar-refractivity contribution < 1.29 is 9.32 Å². The molecule has 3 heterocycles. The second kappa shape index (κ2) is 6.92. The SMILES string of the molecule is CC(C)c1noc2nc(C3CC3)cc(C(=O)N3CCNC[C@@H]3C)c12.Cl. The molecule has 1 aliphatic carbocycles. The first-order valence-electron chi connectivity index (χ1n) is 8.88. The molecule has 2 aliphatic rings. The molecule has 2 aromatic rings. The molecule has 25 heavy (non-hydrogen) atoms. The van der Waals surface area contributed by atoms with Crippen molar-refractivity contribution in [3.63, 3.8) is 0 Å². The summed E-state index contributed by atoms with van der Waals surface area (Å²) in [6.45, 7) is 8.60. The van der Waals surface area contributed by atoms with Gasteiger partial charge in [-0.1, -0.05) is 19.0 Å². The summed E-state index contributed by atoms with van der Waals surface area (Å²) in [5, 5.41) is 8.33. The van der Waals surface area contributed by atoms with Gasteiger partial charge in [-0.2, -0.15) is 0 Å². The zero-order valence-corrected chi connectivity index (χ0v) is 15.7. The van der Waals surface area contributed by atoms with Crippen LogP contribution in [0.2, 0.25) is 0 Å². The molecule has 6 nitrogen and oxygen atoms in total. The fourth-order valence-corrected chi connectivity index (χ4v) is 3.44. The molecule has 1 amide bonds. The number of nitrogens with one attached hydrogen (secondary N) is 1. The number of nitrogens with zero attached hydrogens (tertiary/aromatic N) is 3. The van der Waals surface area contributed by atoms with E-state index in [0.717, 1.165) is 49.2 Å². The van der Waals surface area contributed by atoms with E-state index >= 15 is 0 Å². The van der Waals surface area contributed by atoms with Gasteiger partial charge in [-0.05, 0) is 31.7 Å². The van der Waals surface area contributed by atoms with Crippen LogP contribution >= 0.6 is 12.4 Å². The molecule has 1 saturated heterocycles. The van der Waals surface area contributed by atoms with E-state index in [9.17, 15) is 4.79 Å². The van der Waals surface area contributed by atoms with Gasteiger partial charge in [0.1, 0.15) is 0 Å². The highest BCUT2D eigenvalue weighted by atomic mass is 35.5. The third-order valence-electron chi connectivity index (χ3n) is 5.03. The standard InChI is InChI=1S/C18H24N4O2.ClH/c1-10(2)16-15-13(18(23)22-7-6-19-9-11(22)3)8-14(12-4-5-12)20-17(15)24-21-16;/h8,10-12,19H,4-7,9H2,1-3H3;1H/t11-;/m0./s1. The van der Waals surface area contributed by atoms with Crippen molar-refractivity contribution in [2.75, 3.05) is 19.6 Å². The smallest absolute Gasteiger partial charge is 0.259 e. The molecule has 0 aromatic carbocycles. The van der Waals surface area contributed by atoms with Crippen molar-refractivity contribution in [1.29, 1.82) is 0 Å². The summed E-state index contributed by atoms with van der Waals surface area (Å²) in [7, 11) is 0. The number of piperazine rings is 1. The zero-order valence-electron chi connectivity index (χ0n) is 14.9. The molecule has 0 spiro atoms. The minimum atomic E-state index is 0. The lowest BCUT2D eigenvalue weighted by Crippen LogP contribution is -2.52. The fourth-order valence-electron chi connectivity index (χ4n) is 3.44. The molecule has 0 radical (unpaired) electrons. The third-order valence-corrected chi connectivity index (χ3v) is 5.03. The van der Waals surface area contributed by atoms with E-state index in [1.165, 1.54) is 0 Å². The average Bonchev–Trinajstić information content (AvgIpc) is 3.32. The lowest BCUT2D eigenvalue weighted by molar-refractivity contribution is 0.0657. The Morgan fingerprint density at radius 3 is 2.80 bits per heavy atom. The van der Waals surface area contributed by atoms with Gasteiger partial charge in [0, 0.05) is 37.3 Å². The van der Waals surface area contributed by atoms with Crippen molar-refractivity contribution in [2.45, 2.75) is 51.5 Å². The molecule has 0 bridgehead atoms. The van der Waals surface area contributed by atoms with Gasteiger partial charge in [0.2, 0.25) is 0 Å². The van der Waals surface area contributed by atoms with Crippen LogP contribution in [-0.4, -0.2) is 46.6 Å². The third kappa shape index (κ3) is 3.25. The Morgan fingerprint density at radius 2 is 2.16 bits per heavy atom. The molecule has 1 atom stereocenters. The van der Waals surface area contributed by atoms with Crippen LogP contribution in [0.1, 0.15) is 67.2 Å². The molecule has 0 unspecified atom stereocenters. The van der Waals surface area contributed by atoms with Crippen LogP contribution in [0.3, 0.4) is 0 Å². The van der Waals surface area contributed by atoms with Crippen LogP contribution in [0.5, 0.6) is 0 Å². The molecule has 136 valence electrons. The number of pyridine rings is 1. The largest absolute Gasteiger partial charge is 0.335 e. The zero-order chi connectivity index (χ0) is 16.8. The topological polar surface area (TPSA) is 71.3 Å². The van der Waals surface area contributed by atoms with Gasteiger partial charge < -0.3 is 14.7 Å². The number of fused-ring (bicyclic) bond motifs is 1.